The van der Waals surface area contributed by atoms with Gasteiger partial charge in [0.25, 0.3) is 0 Å². The fourth-order valence-corrected chi connectivity index (χ4v) is 4.34. The van der Waals surface area contributed by atoms with Gasteiger partial charge in [0, 0.05) is 18.5 Å². The van der Waals surface area contributed by atoms with Crippen LogP contribution >= 0.6 is 0 Å². The molecular weight excluding hydrogens is 346 g/mol. The van der Waals surface area contributed by atoms with E-state index in [-0.39, 0.29) is 35.8 Å². The van der Waals surface area contributed by atoms with Gasteiger partial charge in [-0.2, -0.15) is 0 Å². The molecule has 1 aliphatic carbocycles. The zero-order chi connectivity index (χ0) is 17.4. The van der Waals surface area contributed by atoms with Crippen LogP contribution in [0.2, 0.25) is 0 Å². The van der Waals surface area contributed by atoms with E-state index in [1.165, 1.54) is 18.4 Å². The van der Waals surface area contributed by atoms with E-state index in [9.17, 15) is 13.2 Å². The molecule has 0 saturated heterocycles. The molecule has 0 spiro atoms. The van der Waals surface area contributed by atoms with Gasteiger partial charge in [0.05, 0.1) is 11.2 Å². The van der Waals surface area contributed by atoms with Gasteiger partial charge < -0.3 is 19.2 Å². The van der Waals surface area contributed by atoms with Crippen molar-refractivity contribution in [2.75, 3.05) is 13.3 Å². The van der Waals surface area contributed by atoms with Gasteiger partial charge >= 0.3 is 0 Å². The third kappa shape index (κ3) is 3.09. The first kappa shape index (κ1) is 16.0. The molecule has 8 heteroatoms. The van der Waals surface area contributed by atoms with Crippen LogP contribution < -0.4 is 14.8 Å². The number of hydrogen-bond acceptors (Lipinski definition) is 6. The van der Waals surface area contributed by atoms with Crippen molar-refractivity contribution >= 4 is 15.7 Å². The fraction of sp³-hybridized carbons (Fsp3) is 0.353. The SMILES string of the molecule is O=C(NC[C@H](c1ccco1)S(=O)(=O)c1ccc2c(c1)OCO2)C1CC1. The molecule has 132 valence electrons. The van der Waals surface area contributed by atoms with E-state index < -0.39 is 15.1 Å². The molecule has 1 atom stereocenters. The fourth-order valence-electron chi connectivity index (χ4n) is 2.74. The Morgan fingerprint density at radius 3 is 2.72 bits per heavy atom. The molecule has 1 saturated carbocycles. The summed E-state index contributed by atoms with van der Waals surface area (Å²) in [5.74, 6) is 1.08. The lowest BCUT2D eigenvalue weighted by Gasteiger charge is -2.17. The van der Waals surface area contributed by atoms with E-state index in [4.69, 9.17) is 13.9 Å². The third-order valence-electron chi connectivity index (χ3n) is 4.32. The quantitative estimate of drug-likeness (QED) is 0.844. The van der Waals surface area contributed by atoms with E-state index in [1.54, 1.807) is 18.2 Å². The van der Waals surface area contributed by atoms with Gasteiger partial charge in [-0.05, 0) is 37.1 Å². The summed E-state index contributed by atoms with van der Waals surface area (Å²) in [5, 5.41) is 1.72. The summed E-state index contributed by atoms with van der Waals surface area (Å²) in [5.41, 5.74) is 0. The predicted molar refractivity (Wildman–Crippen MR) is 86.9 cm³/mol. The number of nitrogens with one attached hydrogen (secondary N) is 1. The standard InChI is InChI=1S/C17H17NO6S/c19-17(11-3-4-11)18-9-16(14-2-1-7-22-14)25(20,21)12-5-6-13-15(8-12)24-10-23-13/h1-2,5-8,11,16H,3-4,9-10H2,(H,18,19)/t16-/m1/s1. The number of fused-ring (bicyclic) bond motifs is 1. The molecule has 1 aromatic carbocycles. The van der Waals surface area contributed by atoms with Crippen molar-refractivity contribution in [3.63, 3.8) is 0 Å². The second-order valence-corrected chi connectivity index (χ2v) is 8.21. The molecule has 2 aromatic rings. The van der Waals surface area contributed by atoms with E-state index in [2.05, 4.69) is 5.32 Å². The molecular formula is C17H17NO6S. The maximum absolute atomic E-state index is 13.1. The van der Waals surface area contributed by atoms with Gasteiger partial charge in [-0.1, -0.05) is 0 Å². The topological polar surface area (TPSA) is 94.8 Å². The summed E-state index contributed by atoms with van der Waals surface area (Å²) in [7, 11) is -3.79. The lowest BCUT2D eigenvalue weighted by atomic mass is 10.3. The van der Waals surface area contributed by atoms with Crippen LogP contribution in [-0.4, -0.2) is 27.7 Å². The number of hydrogen-bond donors (Lipinski definition) is 1. The Labute approximate surface area is 144 Å². The van der Waals surface area contributed by atoms with Crippen molar-refractivity contribution < 1.29 is 27.1 Å². The highest BCUT2D eigenvalue weighted by Crippen LogP contribution is 2.37. The summed E-state index contributed by atoms with van der Waals surface area (Å²) >= 11 is 0. The summed E-state index contributed by atoms with van der Waals surface area (Å²) < 4.78 is 42.0. The van der Waals surface area contributed by atoms with Crippen molar-refractivity contribution in [3.05, 3.63) is 42.4 Å². The van der Waals surface area contributed by atoms with Gasteiger partial charge in [-0.15, -0.1) is 0 Å². The van der Waals surface area contributed by atoms with Crippen LogP contribution in [0.25, 0.3) is 0 Å². The third-order valence-corrected chi connectivity index (χ3v) is 6.38. The Morgan fingerprint density at radius 2 is 2.00 bits per heavy atom. The molecule has 2 heterocycles. The number of rotatable bonds is 6. The van der Waals surface area contributed by atoms with Crippen molar-refractivity contribution in [2.24, 2.45) is 5.92 Å². The number of furan rings is 1. The molecule has 7 nitrogen and oxygen atoms in total. The second kappa shape index (κ2) is 6.11. The smallest absolute Gasteiger partial charge is 0.231 e. The molecule has 1 aromatic heterocycles. The van der Waals surface area contributed by atoms with Gasteiger partial charge in [0.15, 0.2) is 21.3 Å². The van der Waals surface area contributed by atoms with Gasteiger partial charge in [-0.25, -0.2) is 8.42 Å². The molecule has 1 N–H and O–H groups in total. The number of ether oxygens (including phenoxy) is 2. The Bertz CT molecular complexity index is 886. The highest BCUT2D eigenvalue weighted by Gasteiger charge is 2.35. The van der Waals surface area contributed by atoms with Crippen LogP contribution in [0.3, 0.4) is 0 Å². The lowest BCUT2D eigenvalue weighted by molar-refractivity contribution is -0.122. The first-order valence-electron chi connectivity index (χ1n) is 8.00. The van der Waals surface area contributed by atoms with E-state index in [1.807, 2.05) is 0 Å². The van der Waals surface area contributed by atoms with Crippen LogP contribution in [0.15, 0.2) is 45.9 Å². The van der Waals surface area contributed by atoms with Crippen LogP contribution in [0.1, 0.15) is 23.9 Å². The number of carbonyl (C=O) groups is 1. The van der Waals surface area contributed by atoms with E-state index in [0.717, 1.165) is 12.8 Å². The maximum Gasteiger partial charge on any atom is 0.231 e. The van der Waals surface area contributed by atoms with Crippen molar-refractivity contribution in [1.82, 2.24) is 5.32 Å². The Kier molecular flexibility index (Phi) is 3.91. The molecule has 4 rings (SSSR count). The second-order valence-electron chi connectivity index (χ2n) is 6.08. The monoisotopic (exact) mass is 363 g/mol. The minimum Gasteiger partial charge on any atom is -0.468 e. The first-order valence-corrected chi connectivity index (χ1v) is 9.55. The Morgan fingerprint density at radius 1 is 1.20 bits per heavy atom. The average Bonchev–Trinajstić information content (AvgIpc) is 3.11. The van der Waals surface area contributed by atoms with Crippen molar-refractivity contribution in [2.45, 2.75) is 23.0 Å². The average molecular weight is 363 g/mol. The summed E-state index contributed by atoms with van der Waals surface area (Å²) in [4.78, 5) is 12.0. The first-order chi connectivity index (χ1) is 12.1. The molecule has 0 bridgehead atoms. The molecule has 1 aliphatic heterocycles. The largest absolute Gasteiger partial charge is 0.468 e. The van der Waals surface area contributed by atoms with Crippen LogP contribution in [0.5, 0.6) is 11.5 Å². The summed E-state index contributed by atoms with van der Waals surface area (Å²) in [6.07, 6.45) is 3.12. The summed E-state index contributed by atoms with van der Waals surface area (Å²) in [6.45, 7) is 0.0253. The van der Waals surface area contributed by atoms with Gasteiger partial charge in [0.1, 0.15) is 11.0 Å². The predicted octanol–water partition coefficient (Wildman–Crippen LogP) is 2.05. The Hall–Kier alpha value is -2.48. The molecule has 0 unspecified atom stereocenters. The van der Waals surface area contributed by atoms with Crippen LogP contribution in [0, 0.1) is 5.92 Å². The Balaban J connectivity index is 1.63. The van der Waals surface area contributed by atoms with E-state index >= 15 is 0 Å². The zero-order valence-electron chi connectivity index (χ0n) is 13.3. The molecule has 2 aliphatic rings. The number of benzene rings is 1. The van der Waals surface area contributed by atoms with Gasteiger partial charge in [-0.3, -0.25) is 4.79 Å². The molecule has 0 radical (unpaired) electrons. The minimum atomic E-state index is -3.79. The van der Waals surface area contributed by atoms with Crippen LogP contribution in [0.4, 0.5) is 0 Å². The summed E-state index contributed by atoms with van der Waals surface area (Å²) in [6, 6.07) is 7.70. The lowest BCUT2D eigenvalue weighted by Crippen LogP contribution is -2.32. The van der Waals surface area contributed by atoms with Gasteiger partial charge in [0.2, 0.25) is 12.7 Å². The number of sulfone groups is 1. The van der Waals surface area contributed by atoms with Crippen molar-refractivity contribution in [3.8, 4) is 11.5 Å². The highest BCUT2D eigenvalue weighted by molar-refractivity contribution is 7.91. The number of amides is 1. The highest BCUT2D eigenvalue weighted by atomic mass is 32.2. The minimum absolute atomic E-state index is 0.00509. The maximum atomic E-state index is 13.1. The molecule has 1 fully saturated rings. The normalized spacial score (nSPS) is 17.3. The molecule has 25 heavy (non-hydrogen) atoms. The zero-order valence-corrected chi connectivity index (χ0v) is 14.1. The van der Waals surface area contributed by atoms with E-state index in [0.29, 0.717) is 11.5 Å². The molecule has 1 amide bonds. The number of carbonyl (C=O) groups excluding carboxylic acids is 1. The van der Waals surface area contributed by atoms with Crippen LogP contribution in [-0.2, 0) is 14.6 Å². The van der Waals surface area contributed by atoms with Crippen molar-refractivity contribution in [1.29, 1.82) is 0 Å².